The Balaban J connectivity index is 0.00000144. The standard InChI is InChI=1S/C7H16N4O.ClH/c1-11-3-2-9-5-6(11)10-7(12)4-8;/h6,9H,2-5,8H2,1H3,(H,10,12);1H. The molecule has 1 unspecified atom stereocenters. The Kier molecular flexibility index (Phi) is 5.98. The highest BCUT2D eigenvalue weighted by Gasteiger charge is 2.19. The maximum absolute atomic E-state index is 10.9. The van der Waals surface area contributed by atoms with Crippen LogP contribution in [-0.4, -0.2) is 50.2 Å². The van der Waals surface area contributed by atoms with Gasteiger partial charge in [-0.15, -0.1) is 12.4 Å². The summed E-state index contributed by atoms with van der Waals surface area (Å²) >= 11 is 0. The summed E-state index contributed by atoms with van der Waals surface area (Å²) in [5, 5.41) is 6.02. The molecule has 0 aromatic heterocycles. The summed E-state index contributed by atoms with van der Waals surface area (Å²) in [4.78, 5) is 13.0. The molecule has 0 aliphatic carbocycles. The van der Waals surface area contributed by atoms with Gasteiger partial charge in [0.2, 0.25) is 5.91 Å². The van der Waals surface area contributed by atoms with Gasteiger partial charge in [0.25, 0.3) is 0 Å². The molecule has 1 atom stereocenters. The molecule has 0 saturated carbocycles. The van der Waals surface area contributed by atoms with Crippen LogP contribution in [0.3, 0.4) is 0 Å². The maximum atomic E-state index is 10.9. The van der Waals surface area contributed by atoms with Crippen molar-refractivity contribution >= 4 is 18.3 Å². The van der Waals surface area contributed by atoms with Crippen molar-refractivity contribution in [3.05, 3.63) is 0 Å². The number of nitrogens with zero attached hydrogens (tertiary/aromatic N) is 1. The van der Waals surface area contributed by atoms with Gasteiger partial charge in [-0.25, -0.2) is 0 Å². The third-order valence-electron chi connectivity index (χ3n) is 2.02. The lowest BCUT2D eigenvalue weighted by atomic mass is 10.3. The largest absolute Gasteiger partial charge is 0.338 e. The highest BCUT2D eigenvalue weighted by molar-refractivity contribution is 5.85. The summed E-state index contributed by atoms with van der Waals surface area (Å²) in [5.74, 6) is -0.101. The van der Waals surface area contributed by atoms with E-state index in [0.717, 1.165) is 19.6 Å². The zero-order valence-electron chi connectivity index (χ0n) is 7.75. The second kappa shape index (κ2) is 6.15. The lowest BCUT2D eigenvalue weighted by Gasteiger charge is -2.33. The Hall–Kier alpha value is -0.360. The van der Waals surface area contributed by atoms with Crippen LogP contribution in [0.25, 0.3) is 0 Å². The van der Waals surface area contributed by atoms with E-state index in [1.54, 1.807) is 0 Å². The van der Waals surface area contributed by atoms with E-state index in [1.807, 2.05) is 7.05 Å². The summed E-state index contributed by atoms with van der Waals surface area (Å²) in [6, 6.07) is 0. The molecule has 1 amide bonds. The van der Waals surface area contributed by atoms with Gasteiger partial charge < -0.3 is 16.4 Å². The van der Waals surface area contributed by atoms with Crippen LogP contribution in [0.1, 0.15) is 0 Å². The molecule has 13 heavy (non-hydrogen) atoms. The third-order valence-corrected chi connectivity index (χ3v) is 2.02. The first-order valence-corrected chi connectivity index (χ1v) is 4.14. The number of nitrogens with one attached hydrogen (secondary N) is 2. The Morgan fingerprint density at radius 3 is 3.00 bits per heavy atom. The quantitative estimate of drug-likeness (QED) is 0.509. The van der Waals surface area contributed by atoms with Gasteiger partial charge in [0.15, 0.2) is 0 Å². The van der Waals surface area contributed by atoms with E-state index in [0.29, 0.717) is 0 Å². The Bertz CT molecular complexity index is 167. The topological polar surface area (TPSA) is 70.4 Å². The van der Waals surface area contributed by atoms with Crippen molar-refractivity contribution in [3.63, 3.8) is 0 Å². The highest BCUT2D eigenvalue weighted by Crippen LogP contribution is 1.94. The van der Waals surface area contributed by atoms with Crippen LogP contribution in [-0.2, 0) is 4.79 Å². The van der Waals surface area contributed by atoms with Gasteiger partial charge in [-0.1, -0.05) is 0 Å². The van der Waals surface area contributed by atoms with Crippen LogP contribution < -0.4 is 16.4 Å². The van der Waals surface area contributed by atoms with E-state index < -0.39 is 0 Å². The van der Waals surface area contributed by atoms with Crippen molar-refractivity contribution in [2.75, 3.05) is 33.2 Å². The fourth-order valence-corrected chi connectivity index (χ4v) is 1.21. The van der Waals surface area contributed by atoms with Crippen molar-refractivity contribution in [3.8, 4) is 0 Å². The second-order valence-corrected chi connectivity index (χ2v) is 2.97. The predicted octanol–water partition coefficient (Wildman–Crippen LogP) is -1.66. The summed E-state index contributed by atoms with van der Waals surface area (Å²) in [6.45, 7) is 2.79. The average molecular weight is 209 g/mol. The van der Waals surface area contributed by atoms with E-state index in [9.17, 15) is 4.79 Å². The molecule has 0 aromatic rings. The first-order chi connectivity index (χ1) is 5.74. The minimum absolute atomic E-state index is 0. The molecule has 1 rings (SSSR count). The van der Waals surface area contributed by atoms with Crippen LogP contribution in [0.5, 0.6) is 0 Å². The van der Waals surface area contributed by atoms with E-state index in [1.165, 1.54) is 0 Å². The van der Waals surface area contributed by atoms with Gasteiger partial charge in [-0.3, -0.25) is 9.69 Å². The van der Waals surface area contributed by atoms with Gasteiger partial charge in [-0.2, -0.15) is 0 Å². The number of likely N-dealkylation sites (N-methyl/N-ethyl adjacent to an activating group) is 1. The fraction of sp³-hybridized carbons (Fsp3) is 0.857. The summed E-state index contributed by atoms with van der Waals surface area (Å²) in [7, 11) is 1.99. The minimum atomic E-state index is -0.101. The van der Waals surface area contributed by atoms with Gasteiger partial charge in [0.1, 0.15) is 0 Å². The van der Waals surface area contributed by atoms with Crippen molar-refractivity contribution in [1.82, 2.24) is 15.5 Å². The molecular weight excluding hydrogens is 192 g/mol. The van der Waals surface area contributed by atoms with Gasteiger partial charge >= 0.3 is 0 Å². The molecule has 4 N–H and O–H groups in total. The summed E-state index contributed by atoms with van der Waals surface area (Å²) in [6.07, 6.45) is 0.0924. The number of amides is 1. The molecule has 1 saturated heterocycles. The fourth-order valence-electron chi connectivity index (χ4n) is 1.21. The zero-order chi connectivity index (χ0) is 8.97. The normalized spacial score (nSPS) is 23.4. The highest BCUT2D eigenvalue weighted by atomic mass is 35.5. The summed E-state index contributed by atoms with van der Waals surface area (Å²) in [5.41, 5.74) is 5.18. The van der Waals surface area contributed by atoms with E-state index >= 15 is 0 Å². The summed E-state index contributed by atoms with van der Waals surface area (Å²) < 4.78 is 0. The lowest BCUT2D eigenvalue weighted by molar-refractivity contribution is -0.121. The van der Waals surface area contributed by atoms with Gasteiger partial charge in [0.05, 0.1) is 12.7 Å². The molecule has 0 spiro atoms. The second-order valence-electron chi connectivity index (χ2n) is 2.97. The smallest absolute Gasteiger partial charge is 0.234 e. The number of piperazine rings is 1. The van der Waals surface area contributed by atoms with Crippen LogP contribution in [0.15, 0.2) is 0 Å². The third kappa shape index (κ3) is 3.91. The zero-order valence-corrected chi connectivity index (χ0v) is 8.56. The molecule has 1 fully saturated rings. The molecule has 5 nitrogen and oxygen atoms in total. The minimum Gasteiger partial charge on any atom is -0.338 e. The molecule has 0 aromatic carbocycles. The van der Waals surface area contributed by atoms with Crippen LogP contribution in [0, 0.1) is 0 Å². The molecule has 1 heterocycles. The number of nitrogens with two attached hydrogens (primary N) is 1. The van der Waals surface area contributed by atoms with Crippen molar-refractivity contribution in [2.45, 2.75) is 6.17 Å². The number of hydrogen-bond acceptors (Lipinski definition) is 4. The number of hydrogen-bond donors (Lipinski definition) is 3. The van der Waals surface area contributed by atoms with Crippen LogP contribution in [0.2, 0.25) is 0 Å². The van der Waals surface area contributed by atoms with E-state index in [2.05, 4.69) is 15.5 Å². The number of carbonyl (C=O) groups excluding carboxylic acids is 1. The molecule has 1 aliphatic rings. The average Bonchev–Trinajstić information content (AvgIpc) is 2.09. The van der Waals surface area contributed by atoms with E-state index in [4.69, 9.17) is 5.73 Å². The molecule has 78 valence electrons. The van der Waals surface area contributed by atoms with Crippen LogP contribution in [0.4, 0.5) is 0 Å². The molecule has 0 radical (unpaired) electrons. The first-order valence-electron chi connectivity index (χ1n) is 4.14. The molecule has 1 aliphatic heterocycles. The SMILES string of the molecule is CN1CCNCC1NC(=O)CN.Cl. The van der Waals surface area contributed by atoms with Gasteiger partial charge in [0, 0.05) is 19.6 Å². The molecular formula is C7H17ClN4O. The van der Waals surface area contributed by atoms with Crippen molar-refractivity contribution in [1.29, 1.82) is 0 Å². The number of halogens is 1. The monoisotopic (exact) mass is 208 g/mol. The lowest BCUT2D eigenvalue weighted by Crippen LogP contribution is -2.58. The first kappa shape index (κ1) is 12.6. The van der Waals surface area contributed by atoms with Crippen molar-refractivity contribution in [2.24, 2.45) is 5.73 Å². The predicted molar refractivity (Wildman–Crippen MR) is 53.7 cm³/mol. The number of rotatable bonds is 2. The molecule has 0 bridgehead atoms. The van der Waals surface area contributed by atoms with Crippen molar-refractivity contribution < 1.29 is 4.79 Å². The number of carbonyl (C=O) groups is 1. The van der Waals surface area contributed by atoms with Crippen LogP contribution >= 0.6 is 12.4 Å². The molecule has 6 heteroatoms. The maximum Gasteiger partial charge on any atom is 0.234 e. The van der Waals surface area contributed by atoms with E-state index in [-0.39, 0.29) is 31.0 Å². The van der Waals surface area contributed by atoms with Gasteiger partial charge in [-0.05, 0) is 7.05 Å². The Morgan fingerprint density at radius 1 is 1.77 bits per heavy atom. The Morgan fingerprint density at radius 2 is 2.46 bits per heavy atom. The Labute approximate surface area is 84.4 Å².